The van der Waals surface area contributed by atoms with E-state index >= 15 is 0 Å². The van der Waals surface area contributed by atoms with Crippen molar-refractivity contribution in [2.75, 3.05) is 16.0 Å². The number of aldehydes is 1. The summed E-state index contributed by atoms with van der Waals surface area (Å²) in [5.74, 6) is -1.55. The molecular weight excluding hydrogens is 844 g/mol. The monoisotopic (exact) mass is 878 g/mol. The van der Waals surface area contributed by atoms with Gasteiger partial charge in [0.1, 0.15) is 12.5 Å². The molecule has 1 aliphatic rings. The molecule has 6 aromatic carbocycles. The van der Waals surface area contributed by atoms with Crippen LogP contribution in [0.25, 0.3) is 10.9 Å². The van der Waals surface area contributed by atoms with Crippen LogP contribution in [0.15, 0.2) is 181 Å². The number of aliphatic carboxylic acids is 1. The van der Waals surface area contributed by atoms with Crippen molar-refractivity contribution in [2.45, 2.75) is 13.1 Å². The van der Waals surface area contributed by atoms with E-state index < -0.39 is 17.4 Å². The first kappa shape index (κ1) is 42.2. The fraction of sp³-hybridized carbons (Fsp3) is 0.0465. The van der Waals surface area contributed by atoms with E-state index in [2.05, 4.69) is 46.6 Å². The van der Waals surface area contributed by atoms with Crippen molar-refractivity contribution in [1.82, 2.24) is 4.98 Å². The van der Waals surface area contributed by atoms with E-state index in [1.807, 2.05) is 126 Å². The number of hydrogen-bond donors (Lipinski definition) is 4. The molecule has 11 nitrogen and oxygen atoms in total. The lowest BCUT2D eigenvalue weighted by molar-refractivity contribution is -0.134. The maximum absolute atomic E-state index is 13.1. The van der Waals surface area contributed by atoms with E-state index in [1.165, 1.54) is 0 Å². The summed E-state index contributed by atoms with van der Waals surface area (Å²) in [5, 5.41) is 11.3. The van der Waals surface area contributed by atoms with E-state index in [0.717, 1.165) is 44.8 Å². The van der Waals surface area contributed by atoms with Crippen LogP contribution in [0.3, 0.4) is 0 Å². The molecule has 56 heavy (non-hydrogen) atoms. The molecule has 0 aliphatic carbocycles. The van der Waals surface area contributed by atoms with E-state index in [1.54, 1.807) is 36.4 Å². The summed E-state index contributed by atoms with van der Waals surface area (Å²) in [6, 6.07) is 48.8. The Morgan fingerprint density at radius 1 is 0.732 bits per heavy atom. The predicted octanol–water partition coefficient (Wildman–Crippen LogP) is 9.32. The number of hydrogen-bond acceptors (Lipinski definition) is 8. The number of nitrogen functional groups attached to an aromatic ring is 1. The Morgan fingerprint density at radius 3 is 1.82 bits per heavy atom. The molecule has 0 spiro atoms. The lowest BCUT2D eigenvalue weighted by Crippen LogP contribution is -2.43. The molecule has 1 aromatic heterocycles. The third-order valence-corrected chi connectivity index (χ3v) is 8.58. The highest BCUT2D eigenvalue weighted by Crippen LogP contribution is 2.36. The van der Waals surface area contributed by atoms with Gasteiger partial charge in [0.2, 0.25) is 0 Å². The Morgan fingerprint density at radius 2 is 1.25 bits per heavy atom. The highest BCUT2D eigenvalue weighted by molar-refractivity contribution is 9.10. The first-order valence-electron chi connectivity index (χ1n) is 16.8. The maximum Gasteiger partial charge on any atom is 0.419 e. The maximum atomic E-state index is 13.1. The van der Waals surface area contributed by atoms with Gasteiger partial charge < -0.3 is 20.6 Å². The number of H-pyrrole nitrogens is 1. The van der Waals surface area contributed by atoms with Gasteiger partial charge in [-0.1, -0.05) is 117 Å². The molecule has 1 atom stereocenters. The number of carboxylic acid groups (broad SMARTS) is 1. The van der Waals surface area contributed by atoms with Crippen LogP contribution in [-0.4, -0.2) is 28.3 Å². The van der Waals surface area contributed by atoms with Crippen molar-refractivity contribution in [2.24, 2.45) is 0 Å². The predicted molar refractivity (Wildman–Crippen MR) is 227 cm³/mol. The van der Waals surface area contributed by atoms with Gasteiger partial charge in [-0.2, -0.15) is 0 Å². The number of nitrogens with zero attached hydrogens (tertiary/aromatic N) is 1. The number of anilines is 3. The summed E-state index contributed by atoms with van der Waals surface area (Å²) in [6.07, 6.45) is 0.579. The molecular formula is C43H36Br2N4O7. The number of rotatable bonds is 3. The number of nitrogens with two attached hydrogens (primary N) is 1. The number of amides is 1. The van der Waals surface area contributed by atoms with Crippen molar-refractivity contribution in [3.63, 3.8) is 0 Å². The number of nitrogens with one attached hydrogen (secondary N) is 2. The van der Waals surface area contributed by atoms with Crippen molar-refractivity contribution < 1.29 is 23.9 Å². The van der Waals surface area contributed by atoms with Crippen LogP contribution in [-0.2, 0) is 4.79 Å². The van der Waals surface area contributed by atoms with Gasteiger partial charge in [-0.25, -0.2) is 9.59 Å². The van der Waals surface area contributed by atoms with Crippen LogP contribution in [0.4, 0.5) is 17.1 Å². The molecule has 0 radical (unpaired) electrons. The Labute approximate surface area is 338 Å². The Balaban J connectivity index is 0.000000181. The van der Waals surface area contributed by atoms with Gasteiger partial charge in [0, 0.05) is 38.5 Å². The minimum absolute atomic E-state index is 0.00321. The number of carbonyl (C=O) groups excluding carboxylic acids is 2. The molecule has 1 unspecified atom stereocenters. The van der Waals surface area contributed by atoms with Gasteiger partial charge in [-0.3, -0.25) is 24.3 Å². The summed E-state index contributed by atoms with van der Waals surface area (Å²) >= 11 is 6.72. The highest BCUT2D eigenvalue weighted by Gasteiger charge is 2.33. The normalized spacial score (nSPS) is 12.2. The second-order valence-corrected chi connectivity index (χ2v) is 13.4. The molecule has 1 aliphatic heterocycles. The quantitative estimate of drug-likeness (QED) is 0.0996. The van der Waals surface area contributed by atoms with Crippen molar-refractivity contribution >= 4 is 78.0 Å². The number of aromatic nitrogens is 1. The molecule has 0 bridgehead atoms. The van der Waals surface area contributed by atoms with Crippen LogP contribution in [0, 0.1) is 0 Å². The SMILES string of the molecule is CC(=O)O.Nc1ccccc1.O=C1c2ccccc2NC(c2ccc(Br)cc2)N1c1ccccc1.O=Cc1ccc(Br)cc1.O=c1[nH]c2ccccc2c(=O)o1. The molecule has 1 amide bonds. The zero-order chi connectivity index (χ0) is 40.5. The highest BCUT2D eigenvalue weighted by atomic mass is 79.9. The Hall–Kier alpha value is -6.57. The zero-order valence-electron chi connectivity index (χ0n) is 29.8. The summed E-state index contributed by atoms with van der Waals surface area (Å²) in [7, 11) is 0. The summed E-state index contributed by atoms with van der Waals surface area (Å²) in [6.45, 7) is 1.08. The number of benzene rings is 6. The van der Waals surface area contributed by atoms with Crippen LogP contribution in [0.5, 0.6) is 0 Å². The molecule has 0 fully saturated rings. The number of halogens is 2. The number of carboxylic acids is 1. The van der Waals surface area contributed by atoms with E-state index in [4.69, 9.17) is 15.6 Å². The number of para-hydroxylation sites is 4. The third kappa shape index (κ3) is 12.8. The molecule has 284 valence electrons. The molecule has 5 N–H and O–H groups in total. The fourth-order valence-electron chi connectivity index (χ4n) is 5.03. The molecule has 13 heteroatoms. The average molecular weight is 881 g/mol. The van der Waals surface area contributed by atoms with Gasteiger partial charge in [0.25, 0.3) is 11.9 Å². The van der Waals surface area contributed by atoms with Gasteiger partial charge in [-0.15, -0.1) is 0 Å². The van der Waals surface area contributed by atoms with Gasteiger partial charge in [0.05, 0.1) is 16.5 Å². The van der Waals surface area contributed by atoms with Gasteiger partial charge in [-0.05, 0) is 78.4 Å². The second-order valence-electron chi connectivity index (χ2n) is 11.6. The standard InChI is InChI=1S/C20H15BrN2O.C8H5NO3.C7H5BrO.C6H7N.C2H4O2/c21-15-12-10-14(11-13-15)19-22-18-9-5-4-8-17(18)20(24)23(19)16-6-2-1-3-7-16;10-7-5-3-1-2-4-6(5)9-8(11)12-7;8-7-3-1-6(5-9)2-4-7;7-6-4-2-1-3-5-6;1-2(3)4/h1-13,19,22H;1-4H,(H,9,11);1-5H;1-5H,7H2;1H3,(H,3,4). The molecule has 0 saturated heterocycles. The summed E-state index contributed by atoms with van der Waals surface area (Å²) in [5.41, 5.74) is 10.2. The van der Waals surface area contributed by atoms with Gasteiger partial charge in [0.15, 0.2) is 0 Å². The molecule has 7 aromatic rings. The third-order valence-electron chi connectivity index (χ3n) is 7.52. The van der Waals surface area contributed by atoms with Crippen molar-refractivity contribution in [3.05, 3.63) is 204 Å². The fourth-order valence-corrected chi connectivity index (χ4v) is 5.55. The van der Waals surface area contributed by atoms with Gasteiger partial charge >= 0.3 is 11.4 Å². The summed E-state index contributed by atoms with van der Waals surface area (Å²) in [4.78, 5) is 58.2. The molecule has 2 heterocycles. The lowest BCUT2D eigenvalue weighted by Gasteiger charge is -2.38. The van der Waals surface area contributed by atoms with Crippen LogP contribution < -0.4 is 27.3 Å². The number of carbonyl (C=O) groups is 3. The van der Waals surface area contributed by atoms with Crippen LogP contribution >= 0.6 is 31.9 Å². The smallest absolute Gasteiger partial charge is 0.419 e. The van der Waals surface area contributed by atoms with E-state index in [9.17, 15) is 19.2 Å². The zero-order valence-corrected chi connectivity index (χ0v) is 33.0. The second kappa shape index (κ2) is 21.4. The van der Waals surface area contributed by atoms with Crippen molar-refractivity contribution in [1.29, 1.82) is 0 Å². The van der Waals surface area contributed by atoms with Crippen molar-refractivity contribution in [3.8, 4) is 0 Å². The first-order chi connectivity index (χ1) is 27.0. The minimum atomic E-state index is -0.833. The van der Waals surface area contributed by atoms with E-state index in [-0.39, 0.29) is 12.1 Å². The lowest BCUT2D eigenvalue weighted by atomic mass is 10.0. The molecule has 8 rings (SSSR count). The van der Waals surface area contributed by atoms with E-state index in [0.29, 0.717) is 22.0 Å². The van der Waals surface area contributed by atoms with Crippen LogP contribution in [0.2, 0.25) is 0 Å². The average Bonchev–Trinajstić information content (AvgIpc) is 3.20. The first-order valence-corrected chi connectivity index (χ1v) is 18.4. The largest absolute Gasteiger partial charge is 0.481 e. The Kier molecular flexibility index (Phi) is 16.1. The Bertz CT molecular complexity index is 2450. The minimum Gasteiger partial charge on any atom is -0.481 e. The topological polar surface area (TPSA) is 176 Å². The number of aromatic amines is 1. The van der Waals surface area contributed by atoms with Crippen LogP contribution in [0.1, 0.15) is 39.4 Å². The number of fused-ring (bicyclic) bond motifs is 2. The molecule has 0 saturated carbocycles. The summed E-state index contributed by atoms with van der Waals surface area (Å²) < 4.78 is 6.33.